The van der Waals surface area contributed by atoms with Gasteiger partial charge in [-0.05, 0) is 42.7 Å². The molecule has 0 atom stereocenters. The smallest absolute Gasteiger partial charge is 0.123 e. The van der Waals surface area contributed by atoms with Gasteiger partial charge in [-0.15, -0.1) is 11.3 Å². The lowest BCUT2D eigenvalue weighted by Gasteiger charge is -2.14. The molecule has 0 unspecified atom stereocenters. The van der Waals surface area contributed by atoms with E-state index in [0.29, 0.717) is 19.1 Å². The summed E-state index contributed by atoms with van der Waals surface area (Å²) in [5.41, 5.74) is 8.14. The maximum absolute atomic E-state index is 6.02. The van der Waals surface area contributed by atoms with Gasteiger partial charge in [0.25, 0.3) is 0 Å². The summed E-state index contributed by atoms with van der Waals surface area (Å²) in [4.78, 5) is 2.50. The molecule has 2 nitrogen and oxygen atoms in total. The summed E-state index contributed by atoms with van der Waals surface area (Å²) in [5.74, 6) is 1.40. The lowest BCUT2D eigenvalue weighted by Crippen LogP contribution is -2.00. The van der Waals surface area contributed by atoms with Crippen molar-refractivity contribution in [2.24, 2.45) is 5.73 Å². The molecule has 0 aliphatic carbocycles. The molecule has 2 rings (SSSR count). The minimum Gasteiger partial charge on any atom is -0.489 e. The normalized spacial score (nSPS) is 11.1. The van der Waals surface area contributed by atoms with Gasteiger partial charge < -0.3 is 10.5 Å². The molecule has 0 spiro atoms. The van der Waals surface area contributed by atoms with E-state index in [9.17, 15) is 0 Å². The van der Waals surface area contributed by atoms with Crippen molar-refractivity contribution in [3.63, 3.8) is 0 Å². The van der Waals surface area contributed by atoms with Crippen molar-refractivity contribution < 1.29 is 4.74 Å². The Morgan fingerprint density at radius 2 is 2.05 bits per heavy atom. The van der Waals surface area contributed by atoms with Crippen LogP contribution in [0.1, 0.15) is 40.6 Å². The first-order chi connectivity index (χ1) is 9.51. The van der Waals surface area contributed by atoms with Crippen LogP contribution in [0.15, 0.2) is 28.7 Å². The first kappa shape index (κ1) is 15.5. The van der Waals surface area contributed by atoms with Crippen LogP contribution < -0.4 is 10.5 Å². The molecule has 20 heavy (non-hydrogen) atoms. The first-order valence-electron chi connectivity index (χ1n) is 6.71. The highest BCUT2D eigenvalue weighted by atomic mass is 79.9. The van der Waals surface area contributed by atoms with E-state index < -0.39 is 0 Å². The molecule has 0 saturated heterocycles. The number of ether oxygens (including phenoxy) is 1. The summed E-state index contributed by atoms with van der Waals surface area (Å²) < 4.78 is 7.11. The second kappa shape index (κ2) is 6.74. The molecular weight excluding hydrogens is 334 g/mol. The Labute approximate surface area is 133 Å². The minimum atomic E-state index is 0.436. The Hall–Kier alpha value is -0.840. The zero-order valence-electron chi connectivity index (χ0n) is 12.1. The zero-order chi connectivity index (χ0) is 14.7. The number of hydrogen-bond donors (Lipinski definition) is 1. The third-order valence-electron chi connectivity index (χ3n) is 3.25. The van der Waals surface area contributed by atoms with Gasteiger partial charge in [0.15, 0.2) is 0 Å². The molecule has 108 valence electrons. The van der Waals surface area contributed by atoms with Crippen molar-refractivity contribution in [1.82, 2.24) is 0 Å². The summed E-state index contributed by atoms with van der Waals surface area (Å²) in [5, 5.41) is 0. The first-order valence-corrected chi connectivity index (χ1v) is 8.32. The Morgan fingerprint density at radius 1 is 1.30 bits per heavy atom. The lowest BCUT2D eigenvalue weighted by molar-refractivity contribution is 0.301. The third-order valence-corrected chi connectivity index (χ3v) is 4.86. The summed E-state index contributed by atoms with van der Waals surface area (Å²) in [6.07, 6.45) is 0. The van der Waals surface area contributed by atoms with E-state index in [2.05, 4.69) is 48.8 Å². The second-order valence-corrected chi connectivity index (χ2v) is 7.38. The van der Waals surface area contributed by atoms with Crippen molar-refractivity contribution in [3.05, 3.63) is 49.6 Å². The summed E-state index contributed by atoms with van der Waals surface area (Å²) >= 11 is 5.27. The summed E-state index contributed by atoms with van der Waals surface area (Å²) in [7, 11) is 0. The number of rotatable bonds is 5. The SMILES string of the molecule is Cc1sc(CN)cc1COc1ccc(Br)cc1C(C)C. The number of benzene rings is 1. The van der Waals surface area contributed by atoms with Crippen LogP contribution in [0.2, 0.25) is 0 Å². The molecular formula is C16H20BrNOS. The Kier molecular flexibility index (Phi) is 5.24. The van der Waals surface area contributed by atoms with Crippen molar-refractivity contribution in [2.45, 2.75) is 39.8 Å². The fourth-order valence-corrected chi connectivity index (χ4v) is 3.39. The van der Waals surface area contributed by atoms with Crippen LogP contribution in [-0.4, -0.2) is 0 Å². The van der Waals surface area contributed by atoms with E-state index >= 15 is 0 Å². The van der Waals surface area contributed by atoms with Crippen molar-refractivity contribution >= 4 is 27.3 Å². The second-order valence-electron chi connectivity index (χ2n) is 5.12. The highest BCUT2D eigenvalue weighted by Gasteiger charge is 2.10. The highest BCUT2D eigenvalue weighted by molar-refractivity contribution is 9.10. The Morgan fingerprint density at radius 3 is 2.65 bits per heavy atom. The van der Waals surface area contributed by atoms with E-state index in [1.165, 1.54) is 20.9 Å². The van der Waals surface area contributed by atoms with E-state index in [0.717, 1.165) is 10.2 Å². The average molecular weight is 354 g/mol. The van der Waals surface area contributed by atoms with E-state index in [4.69, 9.17) is 10.5 Å². The number of hydrogen-bond acceptors (Lipinski definition) is 3. The van der Waals surface area contributed by atoms with Crippen LogP contribution in [0.25, 0.3) is 0 Å². The predicted octanol–water partition coefficient (Wildman–Crippen LogP) is 4.98. The average Bonchev–Trinajstić information content (AvgIpc) is 2.78. The van der Waals surface area contributed by atoms with E-state index in [1.54, 1.807) is 11.3 Å². The zero-order valence-corrected chi connectivity index (χ0v) is 14.5. The maximum Gasteiger partial charge on any atom is 0.123 e. The molecule has 0 amide bonds. The molecule has 0 aliphatic rings. The van der Waals surface area contributed by atoms with Crippen molar-refractivity contribution in [2.75, 3.05) is 0 Å². The molecule has 2 N–H and O–H groups in total. The van der Waals surface area contributed by atoms with Gasteiger partial charge in [0, 0.05) is 26.3 Å². The fourth-order valence-electron chi connectivity index (χ4n) is 2.09. The molecule has 0 aliphatic heterocycles. The third kappa shape index (κ3) is 3.62. The summed E-state index contributed by atoms with van der Waals surface area (Å²) in [6, 6.07) is 8.33. The van der Waals surface area contributed by atoms with E-state index in [1.807, 2.05) is 12.1 Å². The van der Waals surface area contributed by atoms with Crippen LogP contribution in [-0.2, 0) is 13.2 Å². The monoisotopic (exact) mass is 353 g/mol. The van der Waals surface area contributed by atoms with Gasteiger partial charge in [-0.25, -0.2) is 0 Å². The molecule has 1 aromatic carbocycles. The van der Waals surface area contributed by atoms with Crippen molar-refractivity contribution in [1.29, 1.82) is 0 Å². The van der Waals surface area contributed by atoms with Gasteiger partial charge in [-0.1, -0.05) is 29.8 Å². The van der Waals surface area contributed by atoms with E-state index in [-0.39, 0.29) is 0 Å². The van der Waals surface area contributed by atoms with Crippen LogP contribution in [0, 0.1) is 6.92 Å². The molecule has 0 radical (unpaired) electrons. The lowest BCUT2D eigenvalue weighted by atomic mass is 10.0. The maximum atomic E-state index is 6.02. The van der Waals surface area contributed by atoms with Crippen LogP contribution in [0.3, 0.4) is 0 Å². The number of halogens is 1. The molecule has 2 aromatic rings. The van der Waals surface area contributed by atoms with Gasteiger partial charge in [0.05, 0.1) is 0 Å². The Balaban J connectivity index is 2.16. The standard InChI is InChI=1S/C16H20BrNOS/c1-10(2)15-7-13(17)4-5-16(15)19-9-12-6-14(8-18)20-11(12)3/h4-7,10H,8-9,18H2,1-3H3. The molecule has 0 saturated carbocycles. The molecule has 4 heteroatoms. The largest absolute Gasteiger partial charge is 0.489 e. The highest BCUT2D eigenvalue weighted by Crippen LogP contribution is 2.31. The number of thiophene rings is 1. The van der Waals surface area contributed by atoms with Gasteiger partial charge in [-0.2, -0.15) is 0 Å². The topological polar surface area (TPSA) is 35.2 Å². The van der Waals surface area contributed by atoms with Crippen molar-refractivity contribution in [3.8, 4) is 5.75 Å². The minimum absolute atomic E-state index is 0.436. The molecule has 0 fully saturated rings. The molecule has 1 aromatic heterocycles. The molecule has 0 bridgehead atoms. The van der Waals surface area contributed by atoms with Gasteiger partial charge >= 0.3 is 0 Å². The van der Waals surface area contributed by atoms with Crippen LogP contribution in [0.4, 0.5) is 0 Å². The quantitative estimate of drug-likeness (QED) is 0.822. The fraction of sp³-hybridized carbons (Fsp3) is 0.375. The molecule has 1 heterocycles. The van der Waals surface area contributed by atoms with Gasteiger partial charge in [0.1, 0.15) is 12.4 Å². The van der Waals surface area contributed by atoms with Crippen LogP contribution in [0.5, 0.6) is 5.75 Å². The number of aryl methyl sites for hydroxylation is 1. The predicted molar refractivity (Wildman–Crippen MR) is 89.5 cm³/mol. The van der Waals surface area contributed by atoms with Gasteiger partial charge in [-0.3, -0.25) is 0 Å². The summed E-state index contributed by atoms with van der Waals surface area (Å²) in [6.45, 7) is 7.67. The van der Waals surface area contributed by atoms with Crippen LogP contribution >= 0.6 is 27.3 Å². The van der Waals surface area contributed by atoms with Gasteiger partial charge in [0.2, 0.25) is 0 Å². The number of nitrogens with two attached hydrogens (primary N) is 1. The Bertz CT molecular complexity index is 592.